The van der Waals surface area contributed by atoms with Crippen LogP contribution < -0.4 is 11.3 Å². The van der Waals surface area contributed by atoms with Gasteiger partial charge in [-0.3, -0.25) is 11.3 Å². The lowest BCUT2D eigenvalue weighted by molar-refractivity contribution is 0.318. The molecule has 0 bridgehead atoms. The molecule has 3 heteroatoms. The van der Waals surface area contributed by atoms with Gasteiger partial charge in [-0.05, 0) is 42.9 Å². The second kappa shape index (κ2) is 7.49. The van der Waals surface area contributed by atoms with Crippen molar-refractivity contribution < 1.29 is 4.39 Å². The molecule has 18 heavy (non-hydrogen) atoms. The zero-order valence-corrected chi connectivity index (χ0v) is 11.7. The summed E-state index contributed by atoms with van der Waals surface area (Å²) in [7, 11) is 0. The minimum atomic E-state index is -0.153. The molecule has 0 aliphatic rings. The van der Waals surface area contributed by atoms with Crippen LogP contribution in [0.4, 0.5) is 4.39 Å². The predicted molar refractivity (Wildman–Crippen MR) is 74.5 cm³/mol. The smallest absolute Gasteiger partial charge is 0.126 e. The number of benzene rings is 1. The molecule has 0 saturated heterocycles. The Morgan fingerprint density at radius 2 is 1.83 bits per heavy atom. The lowest BCUT2D eigenvalue weighted by Gasteiger charge is -2.26. The van der Waals surface area contributed by atoms with Gasteiger partial charge in [-0.2, -0.15) is 0 Å². The van der Waals surface area contributed by atoms with E-state index in [0.29, 0.717) is 11.5 Å². The second-order valence-corrected chi connectivity index (χ2v) is 4.99. The lowest BCUT2D eigenvalue weighted by Crippen LogP contribution is -2.33. The molecule has 0 aliphatic heterocycles. The van der Waals surface area contributed by atoms with Gasteiger partial charge in [-0.15, -0.1) is 0 Å². The molecule has 0 saturated carbocycles. The third-order valence-corrected chi connectivity index (χ3v) is 3.52. The Morgan fingerprint density at radius 1 is 1.22 bits per heavy atom. The van der Waals surface area contributed by atoms with Gasteiger partial charge >= 0.3 is 0 Å². The highest BCUT2D eigenvalue weighted by Gasteiger charge is 2.21. The minimum absolute atomic E-state index is 0.0417. The Kier molecular flexibility index (Phi) is 6.30. The Labute approximate surface area is 110 Å². The van der Waals surface area contributed by atoms with Crippen LogP contribution in [-0.4, -0.2) is 0 Å². The highest BCUT2D eigenvalue weighted by atomic mass is 19.1. The van der Waals surface area contributed by atoms with E-state index in [4.69, 9.17) is 5.84 Å². The minimum Gasteiger partial charge on any atom is -0.271 e. The molecule has 1 aromatic rings. The van der Waals surface area contributed by atoms with Crippen LogP contribution in [0.5, 0.6) is 0 Å². The zero-order valence-electron chi connectivity index (χ0n) is 11.7. The van der Waals surface area contributed by atoms with E-state index in [0.717, 1.165) is 31.2 Å². The Morgan fingerprint density at radius 3 is 2.28 bits per heavy atom. The fourth-order valence-electron chi connectivity index (χ4n) is 2.53. The first-order valence-corrected chi connectivity index (χ1v) is 6.86. The molecule has 3 N–H and O–H groups in total. The fraction of sp³-hybridized carbons (Fsp3) is 0.600. The highest BCUT2D eigenvalue weighted by Crippen LogP contribution is 2.29. The fourth-order valence-corrected chi connectivity index (χ4v) is 2.53. The van der Waals surface area contributed by atoms with Crippen molar-refractivity contribution in [1.82, 2.24) is 5.43 Å². The maximum atomic E-state index is 13.6. The van der Waals surface area contributed by atoms with Gasteiger partial charge in [0, 0.05) is 6.04 Å². The number of nitrogens with two attached hydrogens (primary N) is 1. The monoisotopic (exact) mass is 252 g/mol. The molecule has 2 nitrogen and oxygen atoms in total. The molecule has 1 rings (SSSR count). The Bertz CT molecular complexity index is 360. The number of hydrogen-bond donors (Lipinski definition) is 2. The lowest BCUT2D eigenvalue weighted by atomic mass is 9.86. The van der Waals surface area contributed by atoms with Crippen LogP contribution in [0.3, 0.4) is 0 Å². The third-order valence-electron chi connectivity index (χ3n) is 3.52. The molecule has 1 unspecified atom stereocenters. The Balaban J connectivity index is 2.94. The number of nitrogens with one attached hydrogen (secondary N) is 1. The van der Waals surface area contributed by atoms with E-state index in [2.05, 4.69) is 19.3 Å². The molecule has 0 radical (unpaired) electrons. The summed E-state index contributed by atoms with van der Waals surface area (Å²) in [6, 6.07) is 5.45. The first kappa shape index (κ1) is 15.1. The van der Waals surface area contributed by atoms with Crippen molar-refractivity contribution in [2.45, 2.75) is 52.5 Å². The molecule has 102 valence electrons. The number of halogens is 1. The molecular formula is C15H25FN2. The standard InChI is InChI=1S/C15H25FN2/c1-4-6-12(7-5-2)15(18-17)13-9-8-11(3)14(16)10-13/h8-10,12,15,18H,4-7,17H2,1-3H3. The van der Waals surface area contributed by atoms with Crippen molar-refractivity contribution in [2.24, 2.45) is 11.8 Å². The average Bonchev–Trinajstić information content (AvgIpc) is 2.35. The maximum absolute atomic E-state index is 13.6. The summed E-state index contributed by atoms with van der Waals surface area (Å²) in [5.74, 6) is 5.99. The van der Waals surface area contributed by atoms with Crippen LogP contribution in [0.25, 0.3) is 0 Å². The zero-order chi connectivity index (χ0) is 13.5. The van der Waals surface area contributed by atoms with E-state index in [1.54, 1.807) is 13.0 Å². The maximum Gasteiger partial charge on any atom is 0.126 e. The van der Waals surface area contributed by atoms with Gasteiger partial charge in [0.25, 0.3) is 0 Å². The number of rotatable bonds is 7. The van der Waals surface area contributed by atoms with Gasteiger partial charge in [0.1, 0.15) is 5.82 Å². The normalized spacial score (nSPS) is 13.0. The van der Waals surface area contributed by atoms with Crippen LogP contribution in [-0.2, 0) is 0 Å². The van der Waals surface area contributed by atoms with Crippen molar-refractivity contribution >= 4 is 0 Å². The molecule has 0 aromatic heterocycles. The summed E-state index contributed by atoms with van der Waals surface area (Å²) >= 11 is 0. The van der Waals surface area contributed by atoms with Crippen LogP contribution in [0, 0.1) is 18.7 Å². The summed E-state index contributed by atoms with van der Waals surface area (Å²) in [5, 5.41) is 0. The summed E-state index contributed by atoms with van der Waals surface area (Å²) < 4.78 is 13.6. The Hall–Kier alpha value is -0.930. The van der Waals surface area contributed by atoms with Crippen molar-refractivity contribution in [3.63, 3.8) is 0 Å². The van der Waals surface area contributed by atoms with E-state index < -0.39 is 0 Å². The topological polar surface area (TPSA) is 38.0 Å². The van der Waals surface area contributed by atoms with E-state index in [1.165, 1.54) is 0 Å². The quantitative estimate of drug-likeness (QED) is 0.571. The van der Waals surface area contributed by atoms with Crippen LogP contribution in [0.1, 0.15) is 56.7 Å². The molecule has 0 aliphatic carbocycles. The molecule has 1 atom stereocenters. The predicted octanol–water partition coefficient (Wildman–Crippen LogP) is 3.85. The summed E-state index contributed by atoms with van der Waals surface area (Å²) in [5.41, 5.74) is 4.50. The van der Waals surface area contributed by atoms with E-state index in [-0.39, 0.29) is 11.9 Å². The molecule has 0 spiro atoms. The third kappa shape index (κ3) is 3.79. The average molecular weight is 252 g/mol. The van der Waals surface area contributed by atoms with Gasteiger partial charge in [0.05, 0.1) is 0 Å². The summed E-state index contributed by atoms with van der Waals surface area (Å²) in [4.78, 5) is 0. The number of hydrazine groups is 1. The number of aryl methyl sites for hydroxylation is 1. The van der Waals surface area contributed by atoms with Gasteiger partial charge < -0.3 is 0 Å². The largest absolute Gasteiger partial charge is 0.271 e. The van der Waals surface area contributed by atoms with Crippen molar-refractivity contribution in [2.75, 3.05) is 0 Å². The second-order valence-electron chi connectivity index (χ2n) is 4.99. The number of hydrogen-bond acceptors (Lipinski definition) is 2. The molecular weight excluding hydrogens is 227 g/mol. The first-order chi connectivity index (χ1) is 8.63. The SMILES string of the molecule is CCCC(CCC)C(NN)c1ccc(C)c(F)c1. The summed E-state index contributed by atoms with van der Waals surface area (Å²) in [6.07, 6.45) is 4.46. The van der Waals surface area contributed by atoms with E-state index in [1.807, 2.05) is 12.1 Å². The first-order valence-electron chi connectivity index (χ1n) is 6.86. The molecule has 0 amide bonds. The van der Waals surface area contributed by atoms with Gasteiger partial charge in [0.2, 0.25) is 0 Å². The van der Waals surface area contributed by atoms with Gasteiger partial charge in [-0.25, -0.2) is 4.39 Å². The van der Waals surface area contributed by atoms with Crippen molar-refractivity contribution in [1.29, 1.82) is 0 Å². The van der Waals surface area contributed by atoms with Crippen LogP contribution in [0.15, 0.2) is 18.2 Å². The van der Waals surface area contributed by atoms with Crippen molar-refractivity contribution in [3.8, 4) is 0 Å². The van der Waals surface area contributed by atoms with Crippen LogP contribution in [0.2, 0.25) is 0 Å². The highest BCUT2D eigenvalue weighted by molar-refractivity contribution is 5.26. The summed E-state index contributed by atoms with van der Waals surface area (Å²) in [6.45, 7) is 6.12. The molecule has 0 heterocycles. The van der Waals surface area contributed by atoms with E-state index in [9.17, 15) is 4.39 Å². The van der Waals surface area contributed by atoms with Crippen LogP contribution >= 0.6 is 0 Å². The molecule has 0 fully saturated rings. The van der Waals surface area contributed by atoms with Gasteiger partial charge in [0.15, 0.2) is 0 Å². The van der Waals surface area contributed by atoms with Gasteiger partial charge in [-0.1, -0.05) is 38.8 Å². The molecule has 1 aromatic carbocycles. The van der Waals surface area contributed by atoms with Crippen molar-refractivity contribution in [3.05, 3.63) is 35.1 Å². The van der Waals surface area contributed by atoms with E-state index >= 15 is 0 Å².